The van der Waals surface area contributed by atoms with Crippen LogP contribution in [0.3, 0.4) is 0 Å². The van der Waals surface area contributed by atoms with Crippen LogP contribution < -0.4 is 24.7 Å². The number of benzene rings is 2. The second kappa shape index (κ2) is 7.92. The summed E-state index contributed by atoms with van der Waals surface area (Å²) in [6, 6.07) is 11.3. The number of aromatic nitrogens is 4. The Hall–Kier alpha value is -4.01. The van der Waals surface area contributed by atoms with Crippen molar-refractivity contribution in [3.8, 4) is 22.9 Å². The van der Waals surface area contributed by atoms with Gasteiger partial charge in [0.1, 0.15) is 5.75 Å². The number of hydrogen-bond acceptors (Lipinski definition) is 7. The first-order chi connectivity index (χ1) is 15.6. The van der Waals surface area contributed by atoms with Crippen LogP contribution in [0, 0.1) is 0 Å². The van der Waals surface area contributed by atoms with Gasteiger partial charge in [0.15, 0.2) is 11.5 Å². The van der Waals surface area contributed by atoms with Crippen LogP contribution in [0.1, 0.15) is 11.4 Å². The van der Waals surface area contributed by atoms with E-state index >= 15 is 0 Å². The van der Waals surface area contributed by atoms with Crippen LogP contribution in [0.25, 0.3) is 16.6 Å². The van der Waals surface area contributed by atoms with Gasteiger partial charge in [0.05, 0.1) is 50.8 Å². The van der Waals surface area contributed by atoms with E-state index in [2.05, 4.69) is 19.5 Å². The van der Waals surface area contributed by atoms with Crippen molar-refractivity contribution in [2.75, 3.05) is 32.8 Å². The van der Waals surface area contributed by atoms with Gasteiger partial charge in [-0.3, -0.25) is 9.78 Å². The first kappa shape index (κ1) is 19.9. The highest BCUT2D eigenvalue weighted by Gasteiger charge is 2.24. The Kier molecular flexibility index (Phi) is 4.93. The van der Waals surface area contributed by atoms with Crippen LogP contribution in [0.15, 0.2) is 47.5 Å². The molecule has 1 aliphatic heterocycles. The van der Waals surface area contributed by atoms with Gasteiger partial charge >= 0.3 is 0 Å². The summed E-state index contributed by atoms with van der Waals surface area (Å²) in [4.78, 5) is 27.0. The van der Waals surface area contributed by atoms with E-state index in [0.29, 0.717) is 41.4 Å². The van der Waals surface area contributed by atoms with Crippen LogP contribution in [0.5, 0.6) is 17.2 Å². The fourth-order valence-electron chi connectivity index (χ4n) is 4.06. The van der Waals surface area contributed by atoms with Crippen molar-refractivity contribution in [2.45, 2.75) is 13.0 Å². The summed E-state index contributed by atoms with van der Waals surface area (Å²) in [7, 11) is 4.75. The molecule has 2 aromatic heterocycles. The molecule has 0 bridgehead atoms. The van der Waals surface area contributed by atoms with E-state index in [4.69, 9.17) is 14.2 Å². The van der Waals surface area contributed by atoms with Crippen LogP contribution in [0.2, 0.25) is 0 Å². The Morgan fingerprint density at radius 1 is 1.00 bits per heavy atom. The molecule has 1 aliphatic rings. The van der Waals surface area contributed by atoms with E-state index in [1.807, 2.05) is 35.5 Å². The molecule has 0 aliphatic carbocycles. The molecule has 9 heteroatoms. The van der Waals surface area contributed by atoms with E-state index in [1.54, 1.807) is 26.4 Å². The van der Waals surface area contributed by atoms with Crippen molar-refractivity contribution in [1.29, 1.82) is 0 Å². The van der Waals surface area contributed by atoms with Gasteiger partial charge in [-0.2, -0.15) is 0 Å². The minimum Gasteiger partial charge on any atom is -0.497 e. The number of rotatable bonds is 5. The highest BCUT2D eigenvalue weighted by atomic mass is 16.5. The van der Waals surface area contributed by atoms with E-state index in [0.717, 1.165) is 29.2 Å². The van der Waals surface area contributed by atoms with Crippen molar-refractivity contribution in [3.05, 3.63) is 64.5 Å². The molecule has 0 amide bonds. The van der Waals surface area contributed by atoms with Gasteiger partial charge in [-0.1, -0.05) is 0 Å². The largest absolute Gasteiger partial charge is 0.497 e. The molecule has 4 aromatic rings. The Morgan fingerprint density at radius 2 is 1.75 bits per heavy atom. The topological polar surface area (TPSA) is 94.5 Å². The zero-order chi connectivity index (χ0) is 22.2. The van der Waals surface area contributed by atoms with Crippen molar-refractivity contribution in [3.63, 3.8) is 0 Å². The van der Waals surface area contributed by atoms with E-state index in [9.17, 15) is 4.79 Å². The molecule has 0 saturated heterocycles. The molecule has 0 saturated carbocycles. The van der Waals surface area contributed by atoms with Gasteiger partial charge in [-0.05, 0) is 30.3 Å². The van der Waals surface area contributed by atoms with Gasteiger partial charge in [0.25, 0.3) is 5.56 Å². The molecule has 0 spiro atoms. The second-order valence-electron chi connectivity index (χ2n) is 7.49. The summed E-state index contributed by atoms with van der Waals surface area (Å²) < 4.78 is 18.0. The van der Waals surface area contributed by atoms with Gasteiger partial charge < -0.3 is 23.7 Å². The molecule has 2 aromatic carbocycles. The molecule has 0 unspecified atom stereocenters. The summed E-state index contributed by atoms with van der Waals surface area (Å²) >= 11 is 0. The third kappa shape index (κ3) is 3.31. The standard InChI is InChI=1S/C23H23N5O4/c1-30-15-6-4-14(5-7-15)28-13-24-18-12-27(9-8-19(18)28)23-25-17-11-21(32-3)20(31-2)10-16(17)22(29)26-23/h4-7,10-11,13H,8-9,12H2,1-3H3,(H,25,26,29). The Balaban J connectivity index is 1.47. The highest BCUT2D eigenvalue weighted by Crippen LogP contribution is 2.31. The van der Waals surface area contributed by atoms with Crippen molar-refractivity contribution in [2.24, 2.45) is 0 Å². The number of anilines is 1. The lowest BCUT2D eigenvalue weighted by atomic mass is 10.1. The maximum Gasteiger partial charge on any atom is 0.260 e. The normalized spacial score (nSPS) is 13.2. The van der Waals surface area contributed by atoms with Crippen LogP contribution in [-0.2, 0) is 13.0 Å². The maximum atomic E-state index is 12.7. The Morgan fingerprint density at radius 3 is 2.47 bits per heavy atom. The number of H-pyrrole nitrogens is 1. The lowest BCUT2D eigenvalue weighted by Gasteiger charge is -2.27. The summed E-state index contributed by atoms with van der Waals surface area (Å²) in [5.74, 6) is 2.35. The monoisotopic (exact) mass is 433 g/mol. The SMILES string of the molecule is COc1ccc(-n2cnc3c2CCN(c2nc4cc(OC)c(OC)cc4c(=O)[nH]2)C3)cc1. The van der Waals surface area contributed by atoms with Crippen LogP contribution >= 0.6 is 0 Å². The molecule has 5 rings (SSSR count). The van der Waals surface area contributed by atoms with Crippen LogP contribution in [-0.4, -0.2) is 47.4 Å². The zero-order valence-electron chi connectivity index (χ0n) is 18.1. The number of nitrogens with one attached hydrogen (secondary N) is 1. The van der Waals surface area contributed by atoms with Crippen molar-refractivity contribution in [1.82, 2.24) is 19.5 Å². The number of hydrogen-bond donors (Lipinski definition) is 1. The van der Waals surface area contributed by atoms with E-state index < -0.39 is 0 Å². The molecule has 3 heterocycles. The smallest absolute Gasteiger partial charge is 0.260 e. The van der Waals surface area contributed by atoms with Gasteiger partial charge in [0, 0.05) is 30.4 Å². The minimum absolute atomic E-state index is 0.222. The van der Waals surface area contributed by atoms with E-state index in [1.165, 1.54) is 7.11 Å². The fraction of sp³-hybridized carbons (Fsp3) is 0.261. The molecule has 32 heavy (non-hydrogen) atoms. The quantitative estimate of drug-likeness (QED) is 0.517. The predicted molar refractivity (Wildman–Crippen MR) is 120 cm³/mol. The summed E-state index contributed by atoms with van der Waals surface area (Å²) in [6.45, 7) is 1.26. The number of aromatic amines is 1. The summed E-state index contributed by atoms with van der Waals surface area (Å²) in [6.07, 6.45) is 2.61. The number of imidazole rings is 1. The first-order valence-corrected chi connectivity index (χ1v) is 10.2. The molecular weight excluding hydrogens is 410 g/mol. The van der Waals surface area contributed by atoms with Crippen molar-refractivity contribution >= 4 is 16.9 Å². The Bertz CT molecular complexity index is 1340. The molecule has 164 valence electrons. The second-order valence-corrected chi connectivity index (χ2v) is 7.49. The van der Waals surface area contributed by atoms with Crippen LogP contribution in [0.4, 0.5) is 5.95 Å². The molecule has 9 nitrogen and oxygen atoms in total. The van der Waals surface area contributed by atoms with Gasteiger partial charge in [-0.15, -0.1) is 0 Å². The number of methoxy groups -OCH3 is 3. The van der Waals surface area contributed by atoms with Gasteiger partial charge in [0.2, 0.25) is 5.95 Å². The molecule has 0 radical (unpaired) electrons. The third-order valence-electron chi connectivity index (χ3n) is 5.76. The van der Waals surface area contributed by atoms with E-state index in [-0.39, 0.29) is 5.56 Å². The molecule has 0 fully saturated rings. The fourth-order valence-corrected chi connectivity index (χ4v) is 4.06. The average Bonchev–Trinajstić information content (AvgIpc) is 3.26. The Labute approximate surface area is 184 Å². The summed E-state index contributed by atoms with van der Waals surface area (Å²) in [5, 5.41) is 0.452. The molecular formula is C23H23N5O4. The molecule has 0 atom stereocenters. The highest BCUT2D eigenvalue weighted by molar-refractivity contribution is 5.82. The number of nitrogens with zero attached hydrogens (tertiary/aromatic N) is 4. The predicted octanol–water partition coefficient (Wildman–Crippen LogP) is 2.70. The minimum atomic E-state index is -0.222. The summed E-state index contributed by atoms with van der Waals surface area (Å²) in [5.41, 5.74) is 3.48. The first-order valence-electron chi connectivity index (χ1n) is 10.2. The average molecular weight is 433 g/mol. The van der Waals surface area contributed by atoms with Crippen molar-refractivity contribution < 1.29 is 14.2 Å². The third-order valence-corrected chi connectivity index (χ3v) is 5.76. The zero-order valence-corrected chi connectivity index (χ0v) is 18.1. The maximum absolute atomic E-state index is 12.7. The number of ether oxygens (including phenoxy) is 3. The molecule has 1 N–H and O–H groups in total. The number of fused-ring (bicyclic) bond motifs is 2. The van der Waals surface area contributed by atoms with Gasteiger partial charge in [-0.25, -0.2) is 9.97 Å². The lowest BCUT2D eigenvalue weighted by Crippen LogP contribution is -2.33. The lowest BCUT2D eigenvalue weighted by molar-refractivity contribution is 0.355.